The maximum absolute atomic E-state index is 10.0. The summed E-state index contributed by atoms with van der Waals surface area (Å²) in [6, 6.07) is 0.617. The van der Waals surface area contributed by atoms with E-state index in [4.69, 9.17) is 0 Å². The Bertz CT molecular complexity index is 250. The molecule has 2 rings (SSSR count). The molecule has 3 unspecified atom stereocenters. The standard InChI is InChI=1S/C16H31NO/c1-16(2,3)14-9-8-13(18)12-15(14)17-10-6-4-5-7-11-17/h13-15,18H,4-12H2,1-3H3. The fourth-order valence-corrected chi connectivity index (χ4v) is 3.97. The normalized spacial score (nSPS) is 36.3. The van der Waals surface area contributed by atoms with Gasteiger partial charge in [0.1, 0.15) is 0 Å². The van der Waals surface area contributed by atoms with Crippen molar-refractivity contribution < 1.29 is 5.11 Å². The quantitative estimate of drug-likeness (QED) is 0.774. The molecule has 0 aromatic heterocycles. The second kappa shape index (κ2) is 5.92. The highest BCUT2D eigenvalue weighted by Crippen LogP contribution is 2.40. The monoisotopic (exact) mass is 253 g/mol. The Morgan fingerprint density at radius 2 is 1.56 bits per heavy atom. The largest absolute Gasteiger partial charge is 0.393 e. The first-order valence-electron chi connectivity index (χ1n) is 7.90. The molecule has 18 heavy (non-hydrogen) atoms. The third-order valence-electron chi connectivity index (χ3n) is 5.01. The van der Waals surface area contributed by atoms with Gasteiger partial charge in [0.25, 0.3) is 0 Å². The Hall–Kier alpha value is -0.0800. The molecule has 0 aromatic rings. The SMILES string of the molecule is CC(C)(C)C1CCC(O)CC1N1CCCCCC1. The summed E-state index contributed by atoms with van der Waals surface area (Å²) >= 11 is 0. The summed E-state index contributed by atoms with van der Waals surface area (Å²) in [4.78, 5) is 2.70. The average molecular weight is 253 g/mol. The van der Waals surface area contributed by atoms with E-state index < -0.39 is 0 Å². The molecule has 1 saturated carbocycles. The zero-order valence-corrected chi connectivity index (χ0v) is 12.5. The summed E-state index contributed by atoms with van der Waals surface area (Å²) < 4.78 is 0. The van der Waals surface area contributed by atoms with E-state index in [-0.39, 0.29) is 6.10 Å². The molecule has 2 fully saturated rings. The first kappa shape index (κ1) is 14.3. The van der Waals surface area contributed by atoms with E-state index in [1.165, 1.54) is 45.2 Å². The second-order valence-electron chi connectivity index (χ2n) is 7.46. The highest BCUT2D eigenvalue weighted by molar-refractivity contribution is 4.92. The van der Waals surface area contributed by atoms with Crippen LogP contribution >= 0.6 is 0 Å². The van der Waals surface area contributed by atoms with E-state index in [2.05, 4.69) is 25.7 Å². The van der Waals surface area contributed by atoms with Crippen molar-refractivity contribution in [3.05, 3.63) is 0 Å². The van der Waals surface area contributed by atoms with Crippen molar-refractivity contribution in [1.82, 2.24) is 4.90 Å². The molecular formula is C16H31NO. The first-order valence-corrected chi connectivity index (χ1v) is 7.90. The van der Waals surface area contributed by atoms with Gasteiger partial charge in [-0.25, -0.2) is 0 Å². The highest BCUT2D eigenvalue weighted by Gasteiger charge is 2.39. The lowest BCUT2D eigenvalue weighted by molar-refractivity contribution is -0.0104. The molecule has 0 bridgehead atoms. The van der Waals surface area contributed by atoms with E-state index in [0.717, 1.165) is 18.8 Å². The van der Waals surface area contributed by atoms with Crippen LogP contribution in [-0.4, -0.2) is 35.2 Å². The van der Waals surface area contributed by atoms with Crippen molar-refractivity contribution in [3.8, 4) is 0 Å². The Morgan fingerprint density at radius 3 is 2.11 bits per heavy atom. The molecule has 106 valence electrons. The van der Waals surface area contributed by atoms with Crippen molar-refractivity contribution >= 4 is 0 Å². The van der Waals surface area contributed by atoms with Crippen LogP contribution in [0.2, 0.25) is 0 Å². The van der Waals surface area contributed by atoms with Crippen LogP contribution in [0.1, 0.15) is 65.7 Å². The molecule has 3 atom stereocenters. The van der Waals surface area contributed by atoms with Crippen molar-refractivity contribution in [3.63, 3.8) is 0 Å². The van der Waals surface area contributed by atoms with Gasteiger partial charge in [0.2, 0.25) is 0 Å². The molecule has 2 aliphatic rings. The van der Waals surface area contributed by atoms with Crippen LogP contribution in [0.4, 0.5) is 0 Å². The molecule has 1 N–H and O–H groups in total. The smallest absolute Gasteiger partial charge is 0.0555 e. The van der Waals surface area contributed by atoms with Gasteiger partial charge in [0.05, 0.1) is 6.10 Å². The van der Waals surface area contributed by atoms with Crippen LogP contribution < -0.4 is 0 Å². The number of hydrogen-bond acceptors (Lipinski definition) is 2. The molecule has 2 heteroatoms. The average Bonchev–Trinajstić information content (AvgIpc) is 2.55. The minimum atomic E-state index is -0.0585. The molecule has 0 spiro atoms. The maximum Gasteiger partial charge on any atom is 0.0555 e. The van der Waals surface area contributed by atoms with E-state index in [0.29, 0.717) is 11.5 Å². The molecule has 0 radical (unpaired) electrons. The van der Waals surface area contributed by atoms with Crippen LogP contribution in [0, 0.1) is 11.3 Å². The zero-order chi connectivity index (χ0) is 13.2. The lowest BCUT2D eigenvalue weighted by Gasteiger charge is -2.47. The Balaban J connectivity index is 2.08. The number of rotatable bonds is 1. The van der Waals surface area contributed by atoms with Crippen LogP contribution in [0.15, 0.2) is 0 Å². The maximum atomic E-state index is 10.0. The van der Waals surface area contributed by atoms with Crippen molar-refractivity contribution in [1.29, 1.82) is 0 Å². The minimum Gasteiger partial charge on any atom is -0.393 e. The second-order valence-corrected chi connectivity index (χ2v) is 7.46. The van der Waals surface area contributed by atoms with Crippen molar-refractivity contribution in [2.75, 3.05) is 13.1 Å². The fraction of sp³-hybridized carbons (Fsp3) is 1.00. The summed E-state index contributed by atoms with van der Waals surface area (Å²) in [5.41, 5.74) is 0.372. The summed E-state index contributed by atoms with van der Waals surface area (Å²) in [7, 11) is 0. The lowest BCUT2D eigenvalue weighted by Crippen LogP contribution is -2.50. The number of aliphatic hydroxyl groups is 1. The van der Waals surface area contributed by atoms with Crippen LogP contribution in [0.3, 0.4) is 0 Å². The number of hydrogen-bond donors (Lipinski definition) is 1. The van der Waals surface area contributed by atoms with Crippen LogP contribution in [-0.2, 0) is 0 Å². The lowest BCUT2D eigenvalue weighted by atomic mass is 9.68. The summed E-state index contributed by atoms with van der Waals surface area (Å²) in [6.07, 6.45) is 8.64. The zero-order valence-electron chi connectivity index (χ0n) is 12.5. The number of nitrogens with zero attached hydrogens (tertiary/aromatic N) is 1. The Labute approximate surface area is 113 Å². The summed E-state index contributed by atoms with van der Waals surface area (Å²) in [5, 5.41) is 10.0. The Kier molecular flexibility index (Phi) is 4.71. The topological polar surface area (TPSA) is 23.5 Å². The predicted molar refractivity (Wildman–Crippen MR) is 76.6 cm³/mol. The van der Waals surface area contributed by atoms with Gasteiger partial charge in [-0.3, -0.25) is 4.90 Å². The van der Waals surface area contributed by atoms with Gasteiger partial charge in [0, 0.05) is 6.04 Å². The van der Waals surface area contributed by atoms with E-state index in [9.17, 15) is 5.11 Å². The van der Waals surface area contributed by atoms with Gasteiger partial charge in [-0.1, -0.05) is 33.6 Å². The van der Waals surface area contributed by atoms with Gasteiger partial charge in [-0.2, -0.15) is 0 Å². The van der Waals surface area contributed by atoms with Gasteiger partial charge in [-0.05, 0) is 56.5 Å². The molecule has 0 amide bonds. The molecule has 1 aliphatic heterocycles. The van der Waals surface area contributed by atoms with Crippen LogP contribution in [0.25, 0.3) is 0 Å². The van der Waals surface area contributed by atoms with Gasteiger partial charge >= 0.3 is 0 Å². The first-order chi connectivity index (χ1) is 8.48. The van der Waals surface area contributed by atoms with Gasteiger partial charge in [-0.15, -0.1) is 0 Å². The number of likely N-dealkylation sites (tertiary alicyclic amines) is 1. The third kappa shape index (κ3) is 3.48. The fourth-order valence-electron chi connectivity index (χ4n) is 3.97. The third-order valence-corrected chi connectivity index (χ3v) is 5.01. The van der Waals surface area contributed by atoms with E-state index in [1.54, 1.807) is 0 Å². The van der Waals surface area contributed by atoms with E-state index >= 15 is 0 Å². The highest BCUT2D eigenvalue weighted by atomic mass is 16.3. The molecule has 1 heterocycles. The molecule has 1 aliphatic carbocycles. The molecule has 2 nitrogen and oxygen atoms in total. The van der Waals surface area contributed by atoms with Crippen molar-refractivity contribution in [2.45, 2.75) is 77.9 Å². The van der Waals surface area contributed by atoms with Crippen molar-refractivity contribution in [2.24, 2.45) is 11.3 Å². The van der Waals surface area contributed by atoms with Gasteiger partial charge < -0.3 is 5.11 Å². The van der Waals surface area contributed by atoms with E-state index in [1.807, 2.05) is 0 Å². The van der Waals surface area contributed by atoms with Gasteiger partial charge in [0.15, 0.2) is 0 Å². The predicted octanol–water partition coefficient (Wildman–Crippen LogP) is 3.44. The summed E-state index contributed by atoms with van der Waals surface area (Å²) in [6.45, 7) is 9.63. The molecule has 0 aromatic carbocycles. The molecule has 1 saturated heterocycles. The number of aliphatic hydroxyl groups excluding tert-OH is 1. The summed E-state index contributed by atoms with van der Waals surface area (Å²) in [5.74, 6) is 0.749. The molecular weight excluding hydrogens is 222 g/mol. The van der Waals surface area contributed by atoms with Crippen LogP contribution in [0.5, 0.6) is 0 Å². The minimum absolute atomic E-state index is 0.0585. The Morgan fingerprint density at radius 1 is 0.944 bits per heavy atom.